The smallest absolute Gasteiger partial charge is 0.133 e. The molecular weight excluding hydrogens is 449 g/mol. The van der Waals surface area contributed by atoms with Crippen molar-refractivity contribution in [3.05, 3.63) is 72.2 Å². The van der Waals surface area contributed by atoms with Crippen LogP contribution in [0.5, 0.6) is 0 Å². The maximum Gasteiger partial charge on any atom is 0.133 e. The van der Waals surface area contributed by atoms with Crippen molar-refractivity contribution in [2.24, 2.45) is 11.8 Å². The molecule has 36 heavy (non-hydrogen) atoms. The van der Waals surface area contributed by atoms with Gasteiger partial charge in [0.25, 0.3) is 0 Å². The van der Waals surface area contributed by atoms with E-state index in [-0.39, 0.29) is 5.82 Å². The minimum absolute atomic E-state index is 0.260. The third-order valence-electron chi connectivity index (χ3n) is 8.34. The number of hydrogen-bond acceptors (Lipinski definition) is 3. The highest BCUT2D eigenvalue weighted by atomic mass is 19.1. The average molecular weight is 480 g/mol. The summed E-state index contributed by atoms with van der Waals surface area (Å²) in [5.74, 6) is 4.12. The summed E-state index contributed by atoms with van der Waals surface area (Å²) in [6.07, 6.45) is 5.41. The fourth-order valence-corrected chi connectivity index (χ4v) is 5.75. The summed E-state index contributed by atoms with van der Waals surface area (Å²) in [4.78, 5) is 16.2. The zero-order chi connectivity index (χ0) is 24.4. The van der Waals surface area contributed by atoms with Gasteiger partial charge in [-0.2, -0.15) is 0 Å². The lowest BCUT2D eigenvalue weighted by Gasteiger charge is -2.21. The molecule has 5 aromatic rings. The normalized spacial score (nSPS) is 21.5. The number of fused-ring (bicyclic) bond motifs is 4. The van der Waals surface area contributed by atoms with E-state index in [0.29, 0.717) is 29.8 Å². The van der Waals surface area contributed by atoms with Crippen LogP contribution in [0.2, 0.25) is 0 Å². The lowest BCUT2D eigenvalue weighted by Crippen LogP contribution is -2.24. The number of nitrogens with zero attached hydrogens (tertiary/aromatic N) is 2. The van der Waals surface area contributed by atoms with Crippen molar-refractivity contribution in [2.45, 2.75) is 51.6 Å². The number of aromatic nitrogens is 4. The molecule has 5 nitrogen and oxygen atoms in total. The molecule has 2 aromatic heterocycles. The molecule has 3 aromatic carbocycles. The molecule has 0 amide bonds. The Labute approximate surface area is 209 Å². The van der Waals surface area contributed by atoms with Gasteiger partial charge in [-0.05, 0) is 78.8 Å². The summed E-state index contributed by atoms with van der Waals surface area (Å²) in [5.41, 5.74) is 5.21. The van der Waals surface area contributed by atoms with Crippen molar-refractivity contribution in [1.82, 2.24) is 25.3 Å². The second-order valence-corrected chi connectivity index (χ2v) is 10.6. The Balaban J connectivity index is 1.16. The molecule has 3 N–H and O–H groups in total. The van der Waals surface area contributed by atoms with Crippen molar-refractivity contribution < 1.29 is 4.39 Å². The molecule has 2 fully saturated rings. The number of nitrogens with one attached hydrogen (secondary N) is 3. The molecule has 6 heteroatoms. The summed E-state index contributed by atoms with van der Waals surface area (Å²) in [7, 11) is 0. The van der Waals surface area contributed by atoms with Crippen molar-refractivity contribution in [2.75, 3.05) is 0 Å². The van der Waals surface area contributed by atoms with Crippen molar-refractivity contribution in [3.8, 4) is 22.4 Å². The molecule has 4 atom stereocenters. The monoisotopic (exact) mass is 479 g/mol. The van der Waals surface area contributed by atoms with Gasteiger partial charge < -0.3 is 15.3 Å². The fraction of sp³-hybridized carbons (Fsp3) is 0.333. The van der Waals surface area contributed by atoms with E-state index in [2.05, 4.69) is 64.4 Å². The number of rotatable bonds is 7. The Bertz CT molecular complexity index is 1600. The van der Waals surface area contributed by atoms with E-state index >= 15 is 4.39 Å². The van der Waals surface area contributed by atoms with E-state index in [4.69, 9.17) is 4.98 Å². The first-order chi connectivity index (χ1) is 17.6. The molecule has 0 aliphatic heterocycles. The molecule has 2 saturated carbocycles. The van der Waals surface area contributed by atoms with E-state index in [0.717, 1.165) is 62.8 Å². The second-order valence-electron chi connectivity index (χ2n) is 10.6. The van der Waals surface area contributed by atoms with Crippen LogP contribution in [0.15, 0.2) is 54.7 Å². The summed E-state index contributed by atoms with van der Waals surface area (Å²) >= 11 is 0. The van der Waals surface area contributed by atoms with Crippen LogP contribution in [0.3, 0.4) is 0 Å². The van der Waals surface area contributed by atoms with Gasteiger partial charge in [0.05, 0.1) is 29.5 Å². The number of imidazole rings is 2. The topological polar surface area (TPSA) is 69.4 Å². The van der Waals surface area contributed by atoms with Gasteiger partial charge in [0.15, 0.2) is 0 Å². The zero-order valence-corrected chi connectivity index (χ0v) is 20.6. The molecule has 0 radical (unpaired) electrons. The van der Waals surface area contributed by atoms with Gasteiger partial charge in [-0.25, -0.2) is 14.4 Å². The largest absolute Gasteiger partial charge is 0.342 e. The molecule has 0 bridgehead atoms. The van der Waals surface area contributed by atoms with Gasteiger partial charge >= 0.3 is 0 Å². The number of halogens is 1. The molecule has 182 valence electrons. The van der Waals surface area contributed by atoms with E-state index in [9.17, 15) is 0 Å². The van der Waals surface area contributed by atoms with Crippen LogP contribution < -0.4 is 5.32 Å². The van der Waals surface area contributed by atoms with Gasteiger partial charge in [0.2, 0.25) is 0 Å². The number of hydrogen-bond donors (Lipinski definition) is 3. The lowest BCUT2D eigenvalue weighted by molar-refractivity contribution is 0.374. The lowest BCUT2D eigenvalue weighted by atomic mass is 9.85. The molecule has 0 saturated heterocycles. The van der Waals surface area contributed by atoms with Crippen molar-refractivity contribution in [1.29, 1.82) is 0 Å². The third-order valence-corrected chi connectivity index (χ3v) is 8.34. The number of aromatic amines is 2. The van der Waals surface area contributed by atoms with Crippen LogP contribution in [-0.4, -0.2) is 26.0 Å². The minimum atomic E-state index is -0.260. The minimum Gasteiger partial charge on any atom is -0.342 e. The first kappa shape index (κ1) is 21.7. The molecule has 2 unspecified atom stereocenters. The Morgan fingerprint density at radius 1 is 1.06 bits per heavy atom. The van der Waals surface area contributed by atoms with Crippen LogP contribution in [0.25, 0.3) is 44.2 Å². The van der Waals surface area contributed by atoms with Crippen LogP contribution in [0.4, 0.5) is 4.39 Å². The van der Waals surface area contributed by atoms with Gasteiger partial charge in [-0.1, -0.05) is 31.2 Å². The Morgan fingerprint density at radius 3 is 2.69 bits per heavy atom. The molecule has 2 heterocycles. The maximum absolute atomic E-state index is 15.2. The quantitative estimate of drug-likeness (QED) is 0.237. The standard InChI is InChI=1S/C30H30FN5/c1-3-16(2)32-15-28-33-14-27(34-28)22-8-5-18(13-25(22)31)17-4-7-21-19(10-17)6-9-26-29(21)36-30(35-26)24-12-20-11-23(20)24/h4-10,13-14,16,20,23-24,32H,3,11-12,15H2,1-2H3,(H,33,34)(H,35,36)/t16?,20-,23?,24-/m1/s1. The highest BCUT2D eigenvalue weighted by Crippen LogP contribution is 2.63. The van der Waals surface area contributed by atoms with Crippen molar-refractivity contribution in [3.63, 3.8) is 0 Å². The van der Waals surface area contributed by atoms with Crippen LogP contribution in [0.1, 0.15) is 50.7 Å². The van der Waals surface area contributed by atoms with Gasteiger partial charge in [0, 0.05) is 22.9 Å². The Kier molecular flexibility index (Phi) is 5.00. The predicted octanol–water partition coefficient (Wildman–Crippen LogP) is 6.92. The number of H-pyrrole nitrogens is 2. The Morgan fingerprint density at radius 2 is 1.92 bits per heavy atom. The van der Waals surface area contributed by atoms with Gasteiger partial charge in [-0.15, -0.1) is 0 Å². The van der Waals surface area contributed by atoms with E-state index in [1.54, 1.807) is 12.3 Å². The summed E-state index contributed by atoms with van der Waals surface area (Å²) < 4.78 is 15.2. The van der Waals surface area contributed by atoms with E-state index in [1.165, 1.54) is 12.8 Å². The average Bonchev–Trinajstić information content (AvgIpc) is 3.22. The fourth-order valence-electron chi connectivity index (χ4n) is 5.75. The highest BCUT2D eigenvalue weighted by Gasteiger charge is 2.54. The van der Waals surface area contributed by atoms with Crippen LogP contribution >= 0.6 is 0 Å². The van der Waals surface area contributed by atoms with E-state index < -0.39 is 0 Å². The molecule has 0 spiro atoms. The summed E-state index contributed by atoms with van der Waals surface area (Å²) in [6, 6.07) is 16.4. The molecule has 7 rings (SSSR count). The second kappa shape index (κ2) is 8.27. The third kappa shape index (κ3) is 3.63. The summed E-state index contributed by atoms with van der Waals surface area (Å²) in [5, 5.41) is 5.66. The maximum atomic E-state index is 15.2. The van der Waals surface area contributed by atoms with Crippen LogP contribution in [-0.2, 0) is 6.54 Å². The van der Waals surface area contributed by atoms with Gasteiger partial charge in [-0.3, -0.25) is 0 Å². The van der Waals surface area contributed by atoms with Crippen LogP contribution in [0, 0.1) is 17.7 Å². The van der Waals surface area contributed by atoms with Crippen molar-refractivity contribution >= 4 is 21.8 Å². The van der Waals surface area contributed by atoms with Gasteiger partial charge in [0.1, 0.15) is 17.5 Å². The Hall–Kier alpha value is -3.51. The first-order valence-electron chi connectivity index (χ1n) is 13.1. The predicted molar refractivity (Wildman–Crippen MR) is 142 cm³/mol. The molecule has 2 aliphatic rings. The van der Waals surface area contributed by atoms with E-state index in [1.807, 2.05) is 12.1 Å². The SMILES string of the molecule is CCC(C)NCc1ncc(-c2ccc(-c3ccc4c(ccc5[nH]c([C@@H]6C[C@H]7CC76)nc54)c3)cc2F)[nH]1. The highest BCUT2D eigenvalue weighted by molar-refractivity contribution is 6.05. The molecule has 2 aliphatic carbocycles. The summed E-state index contributed by atoms with van der Waals surface area (Å²) in [6.45, 7) is 4.92. The zero-order valence-electron chi connectivity index (χ0n) is 20.6. The molecular formula is C30H30FN5. The first-order valence-corrected chi connectivity index (χ1v) is 13.1. The number of benzene rings is 3.